The van der Waals surface area contributed by atoms with Gasteiger partial charge < -0.3 is 10.5 Å². The molecule has 3 N–H and O–H groups in total. The number of primary amides is 1. The van der Waals surface area contributed by atoms with Gasteiger partial charge in [0.25, 0.3) is 5.91 Å². The fourth-order valence-electron chi connectivity index (χ4n) is 2.15. The number of aryl methyl sites for hydroxylation is 1. The van der Waals surface area contributed by atoms with Gasteiger partial charge in [0.15, 0.2) is 6.61 Å². The first-order chi connectivity index (χ1) is 11.1. The van der Waals surface area contributed by atoms with Gasteiger partial charge in [0, 0.05) is 5.56 Å². The van der Waals surface area contributed by atoms with E-state index in [2.05, 4.69) is 41.7 Å². The number of nitrogens with one attached hydrogen (secondary N) is 1. The Balaban J connectivity index is 1.63. The molecule has 0 fully saturated rings. The number of carbonyl (C=O) groups excluding carboxylic acids is 1. The van der Waals surface area contributed by atoms with Gasteiger partial charge in [-0.1, -0.05) is 53.7 Å². The molecule has 1 heterocycles. The lowest BCUT2D eigenvalue weighted by atomic mass is 10.2. The van der Waals surface area contributed by atoms with Crippen LogP contribution in [0, 0.1) is 6.92 Å². The molecule has 0 radical (unpaired) electrons. The van der Waals surface area contributed by atoms with E-state index in [-0.39, 0.29) is 12.0 Å². The molecule has 0 saturated carbocycles. The summed E-state index contributed by atoms with van der Waals surface area (Å²) in [6.07, 6.45) is 0. The molecule has 6 heteroatoms. The average molecular weight is 327 g/mol. The number of rotatable bonds is 5. The number of amides is 1. The maximum Gasteiger partial charge on any atom is 0.255 e. The van der Waals surface area contributed by atoms with Crippen molar-refractivity contribution in [2.75, 3.05) is 6.61 Å². The quantitative estimate of drug-likeness (QED) is 0.885. The predicted molar refractivity (Wildman–Crippen MR) is 92.3 cm³/mol. The Morgan fingerprint density at radius 3 is 2.57 bits per heavy atom. The van der Waals surface area contributed by atoms with Crippen molar-refractivity contribution >= 4 is 22.7 Å². The third-order valence-corrected chi connectivity index (χ3v) is 4.54. The maximum absolute atomic E-state index is 10.7. The van der Waals surface area contributed by atoms with Crippen molar-refractivity contribution in [2.45, 2.75) is 12.3 Å². The first-order valence-corrected chi connectivity index (χ1v) is 8.08. The lowest BCUT2D eigenvalue weighted by molar-refractivity contribution is -0.119. The monoisotopic (exact) mass is 327 g/mol. The van der Waals surface area contributed by atoms with E-state index in [1.165, 1.54) is 5.56 Å². The molecule has 23 heavy (non-hydrogen) atoms. The molecule has 1 amide bonds. The largest absolute Gasteiger partial charge is 0.484 e. The summed E-state index contributed by atoms with van der Waals surface area (Å²) in [6, 6.07) is 15.9. The van der Waals surface area contributed by atoms with E-state index in [0.717, 1.165) is 16.2 Å². The van der Waals surface area contributed by atoms with Gasteiger partial charge in [-0.05, 0) is 24.6 Å². The molecule has 0 aromatic heterocycles. The second kappa shape index (κ2) is 6.75. The first-order valence-electron chi connectivity index (χ1n) is 7.20. The van der Waals surface area contributed by atoms with E-state index in [0.29, 0.717) is 5.75 Å². The highest BCUT2D eigenvalue weighted by Gasteiger charge is 2.21. The van der Waals surface area contributed by atoms with Gasteiger partial charge in [-0.2, -0.15) is 5.10 Å². The van der Waals surface area contributed by atoms with E-state index in [1.807, 2.05) is 24.3 Å². The molecular weight excluding hydrogens is 310 g/mol. The molecule has 1 atom stereocenters. The minimum Gasteiger partial charge on any atom is -0.484 e. The Bertz CT molecular complexity index is 727. The van der Waals surface area contributed by atoms with Crippen LogP contribution in [0.25, 0.3) is 0 Å². The molecule has 0 bridgehead atoms. The Hall–Kier alpha value is -2.47. The molecule has 1 aliphatic heterocycles. The van der Waals surface area contributed by atoms with Gasteiger partial charge in [0.2, 0.25) is 0 Å². The van der Waals surface area contributed by atoms with Crippen LogP contribution in [0.15, 0.2) is 53.6 Å². The van der Waals surface area contributed by atoms with Gasteiger partial charge in [-0.25, -0.2) is 0 Å². The Morgan fingerprint density at radius 2 is 1.91 bits per heavy atom. The molecule has 5 nitrogen and oxygen atoms in total. The van der Waals surface area contributed by atoms with Crippen LogP contribution in [0.2, 0.25) is 0 Å². The smallest absolute Gasteiger partial charge is 0.255 e. The van der Waals surface area contributed by atoms with Crippen molar-refractivity contribution in [3.63, 3.8) is 0 Å². The van der Waals surface area contributed by atoms with Crippen LogP contribution in [0.1, 0.15) is 22.1 Å². The molecule has 0 spiro atoms. The minimum absolute atomic E-state index is 0.0662. The van der Waals surface area contributed by atoms with Crippen LogP contribution >= 0.6 is 11.8 Å². The molecule has 2 aromatic carbocycles. The van der Waals surface area contributed by atoms with Crippen molar-refractivity contribution in [1.82, 2.24) is 5.43 Å². The molecule has 3 rings (SSSR count). The first kappa shape index (κ1) is 15.4. The SMILES string of the molecule is Cc1ccc(C2=NN[C@@H](c3ccc(OCC(N)=O)cc3)S2)cc1. The third-order valence-electron chi connectivity index (χ3n) is 3.38. The zero-order valence-corrected chi connectivity index (χ0v) is 13.5. The molecule has 1 aliphatic rings. The predicted octanol–water partition coefficient (Wildman–Crippen LogP) is 2.56. The summed E-state index contributed by atoms with van der Waals surface area (Å²) in [6.45, 7) is 1.95. The standard InChI is InChI=1S/C17H17N3O2S/c1-11-2-4-12(5-3-11)16-19-20-17(23-16)13-6-8-14(9-7-13)22-10-15(18)21/h2-9,17,20H,10H2,1H3,(H2,18,21)/t17-/m1/s1. The van der Waals surface area contributed by atoms with E-state index in [9.17, 15) is 4.79 Å². The highest BCUT2D eigenvalue weighted by Crippen LogP contribution is 2.34. The summed E-state index contributed by atoms with van der Waals surface area (Å²) in [5.74, 6) is 0.133. The van der Waals surface area contributed by atoms with Crippen molar-refractivity contribution in [3.05, 3.63) is 65.2 Å². The van der Waals surface area contributed by atoms with Gasteiger partial charge in [-0.3, -0.25) is 10.2 Å². The Labute approximate surface area is 138 Å². The van der Waals surface area contributed by atoms with Crippen LogP contribution in [-0.4, -0.2) is 17.6 Å². The zero-order chi connectivity index (χ0) is 16.2. The number of nitrogens with two attached hydrogens (primary N) is 1. The summed E-state index contributed by atoms with van der Waals surface area (Å²) in [4.78, 5) is 10.7. The fourth-order valence-corrected chi connectivity index (χ4v) is 3.15. The van der Waals surface area contributed by atoms with E-state index < -0.39 is 5.91 Å². The number of hydrogen-bond acceptors (Lipinski definition) is 5. The van der Waals surface area contributed by atoms with Crippen molar-refractivity contribution in [2.24, 2.45) is 10.8 Å². The number of benzene rings is 2. The second-order valence-corrected chi connectivity index (χ2v) is 6.33. The topological polar surface area (TPSA) is 76.7 Å². The normalized spacial score (nSPS) is 16.6. The van der Waals surface area contributed by atoms with E-state index in [1.54, 1.807) is 11.8 Å². The number of nitrogens with zero attached hydrogens (tertiary/aromatic N) is 1. The summed E-state index contributed by atoms with van der Waals surface area (Å²) in [5, 5.41) is 5.45. The molecule has 2 aromatic rings. The minimum atomic E-state index is -0.488. The molecule has 0 aliphatic carbocycles. The maximum atomic E-state index is 10.7. The second-order valence-electron chi connectivity index (χ2n) is 5.23. The zero-order valence-electron chi connectivity index (χ0n) is 12.7. The molecular formula is C17H17N3O2S. The number of hydrazone groups is 1. The summed E-state index contributed by atoms with van der Waals surface area (Å²) >= 11 is 1.67. The number of carbonyl (C=O) groups is 1. The number of hydrogen-bond donors (Lipinski definition) is 2. The van der Waals surface area contributed by atoms with Crippen LogP contribution < -0.4 is 15.9 Å². The van der Waals surface area contributed by atoms with Crippen LogP contribution in [0.3, 0.4) is 0 Å². The van der Waals surface area contributed by atoms with Crippen LogP contribution in [0.5, 0.6) is 5.75 Å². The number of ether oxygens (including phenoxy) is 1. The molecule has 118 valence electrons. The summed E-state index contributed by atoms with van der Waals surface area (Å²) in [7, 11) is 0. The van der Waals surface area contributed by atoms with E-state index >= 15 is 0 Å². The van der Waals surface area contributed by atoms with Gasteiger partial charge in [0.1, 0.15) is 16.2 Å². The third kappa shape index (κ3) is 3.84. The van der Waals surface area contributed by atoms with Crippen molar-refractivity contribution in [3.8, 4) is 5.75 Å². The summed E-state index contributed by atoms with van der Waals surface area (Å²) < 4.78 is 5.26. The lowest BCUT2D eigenvalue weighted by Gasteiger charge is -2.10. The summed E-state index contributed by atoms with van der Waals surface area (Å²) in [5.41, 5.74) is 11.6. The van der Waals surface area contributed by atoms with Gasteiger partial charge in [-0.15, -0.1) is 0 Å². The van der Waals surface area contributed by atoms with Gasteiger partial charge >= 0.3 is 0 Å². The van der Waals surface area contributed by atoms with Gasteiger partial charge in [0.05, 0.1) is 0 Å². The highest BCUT2D eigenvalue weighted by atomic mass is 32.2. The fraction of sp³-hybridized carbons (Fsp3) is 0.176. The van der Waals surface area contributed by atoms with E-state index in [4.69, 9.17) is 10.5 Å². The Morgan fingerprint density at radius 1 is 1.22 bits per heavy atom. The van der Waals surface area contributed by atoms with Crippen LogP contribution in [-0.2, 0) is 4.79 Å². The van der Waals surface area contributed by atoms with Crippen molar-refractivity contribution < 1.29 is 9.53 Å². The lowest BCUT2D eigenvalue weighted by Crippen LogP contribution is -2.20. The Kier molecular flexibility index (Phi) is 4.52. The van der Waals surface area contributed by atoms with Crippen LogP contribution in [0.4, 0.5) is 0 Å². The molecule has 0 saturated heterocycles. The van der Waals surface area contributed by atoms with Crippen molar-refractivity contribution in [1.29, 1.82) is 0 Å². The molecule has 0 unspecified atom stereocenters. The highest BCUT2D eigenvalue weighted by molar-refractivity contribution is 8.14. The average Bonchev–Trinajstić information content (AvgIpc) is 3.04. The number of thioether (sulfide) groups is 1.